The molecule has 1 fully saturated rings. The summed E-state index contributed by atoms with van der Waals surface area (Å²) in [5.74, 6) is -0.657. The lowest BCUT2D eigenvalue weighted by atomic mass is 10.1. The van der Waals surface area contributed by atoms with Gasteiger partial charge in [-0.1, -0.05) is 11.6 Å². The molecule has 7 heteroatoms. The first-order chi connectivity index (χ1) is 12.0. The van der Waals surface area contributed by atoms with Gasteiger partial charge in [-0.05, 0) is 48.9 Å². The average Bonchev–Trinajstić information content (AvgIpc) is 2.96. The largest absolute Gasteiger partial charge is 0.496 e. The maximum Gasteiger partial charge on any atom is 0.255 e. The van der Waals surface area contributed by atoms with Crippen LogP contribution in [0.1, 0.15) is 16.8 Å². The zero-order chi connectivity index (χ0) is 18.0. The minimum Gasteiger partial charge on any atom is -0.496 e. The van der Waals surface area contributed by atoms with Gasteiger partial charge in [0.15, 0.2) is 0 Å². The van der Waals surface area contributed by atoms with E-state index in [4.69, 9.17) is 16.3 Å². The Bertz CT molecular complexity index is 810. The van der Waals surface area contributed by atoms with E-state index in [1.807, 2.05) is 0 Å². The van der Waals surface area contributed by atoms with Crippen LogP contribution in [0.4, 0.5) is 10.1 Å². The molecule has 1 saturated heterocycles. The molecule has 0 radical (unpaired) electrons. The van der Waals surface area contributed by atoms with Crippen LogP contribution in [0.3, 0.4) is 0 Å². The standard InChI is InChI=1S/C18H16ClFN2O3/c1-25-16-7-2-11(19)10-14(16)17(23)21-15-8-9-22(18(15)24)13-5-3-12(20)4-6-13/h2-7,10,15H,8-9H2,1H3,(H,21,23)/t15-/m1/s1. The van der Waals surface area contributed by atoms with Crippen LogP contribution >= 0.6 is 11.6 Å². The average molecular weight is 363 g/mol. The maximum atomic E-state index is 13.0. The Morgan fingerprint density at radius 2 is 2.00 bits per heavy atom. The highest BCUT2D eigenvalue weighted by atomic mass is 35.5. The number of ether oxygens (including phenoxy) is 1. The van der Waals surface area contributed by atoms with Gasteiger partial charge in [0.25, 0.3) is 5.91 Å². The van der Waals surface area contributed by atoms with Crippen LogP contribution in [-0.4, -0.2) is 31.5 Å². The zero-order valence-corrected chi connectivity index (χ0v) is 14.2. The molecule has 130 valence electrons. The highest BCUT2D eigenvalue weighted by molar-refractivity contribution is 6.31. The summed E-state index contributed by atoms with van der Waals surface area (Å²) in [6, 6.07) is 9.73. The molecule has 25 heavy (non-hydrogen) atoms. The van der Waals surface area contributed by atoms with Gasteiger partial charge in [0.05, 0.1) is 12.7 Å². The number of anilines is 1. The zero-order valence-electron chi connectivity index (χ0n) is 13.5. The summed E-state index contributed by atoms with van der Waals surface area (Å²) >= 11 is 5.94. The van der Waals surface area contributed by atoms with Gasteiger partial charge in [-0.15, -0.1) is 0 Å². The first-order valence-electron chi connectivity index (χ1n) is 7.71. The Kier molecular flexibility index (Phi) is 4.90. The smallest absolute Gasteiger partial charge is 0.255 e. The Morgan fingerprint density at radius 1 is 1.28 bits per heavy atom. The number of nitrogens with one attached hydrogen (secondary N) is 1. The van der Waals surface area contributed by atoms with Crippen molar-refractivity contribution in [3.8, 4) is 5.75 Å². The van der Waals surface area contributed by atoms with Crippen molar-refractivity contribution >= 4 is 29.1 Å². The maximum absolute atomic E-state index is 13.0. The molecule has 1 atom stereocenters. The lowest BCUT2D eigenvalue weighted by Gasteiger charge is -2.17. The van der Waals surface area contributed by atoms with E-state index in [2.05, 4.69) is 5.32 Å². The number of halogens is 2. The van der Waals surface area contributed by atoms with Crippen LogP contribution in [-0.2, 0) is 4.79 Å². The van der Waals surface area contributed by atoms with Gasteiger partial charge in [-0.2, -0.15) is 0 Å². The molecule has 1 aliphatic rings. The highest BCUT2D eigenvalue weighted by Gasteiger charge is 2.34. The van der Waals surface area contributed by atoms with E-state index in [1.165, 1.54) is 42.3 Å². The fourth-order valence-electron chi connectivity index (χ4n) is 2.78. The summed E-state index contributed by atoms with van der Waals surface area (Å²) in [7, 11) is 1.46. The van der Waals surface area contributed by atoms with E-state index >= 15 is 0 Å². The van der Waals surface area contributed by atoms with Crippen molar-refractivity contribution in [1.29, 1.82) is 0 Å². The van der Waals surface area contributed by atoms with E-state index in [1.54, 1.807) is 12.1 Å². The number of hydrogen-bond donors (Lipinski definition) is 1. The molecule has 0 unspecified atom stereocenters. The fraction of sp³-hybridized carbons (Fsp3) is 0.222. The summed E-state index contributed by atoms with van der Waals surface area (Å²) in [6.45, 7) is 0.447. The van der Waals surface area contributed by atoms with Crippen molar-refractivity contribution in [2.45, 2.75) is 12.5 Å². The molecular formula is C18H16ClFN2O3. The van der Waals surface area contributed by atoms with Crippen LogP contribution in [0, 0.1) is 5.82 Å². The first kappa shape index (κ1) is 17.2. The van der Waals surface area contributed by atoms with Gasteiger partial charge in [0.2, 0.25) is 5.91 Å². The van der Waals surface area contributed by atoms with E-state index in [9.17, 15) is 14.0 Å². The number of carbonyl (C=O) groups is 2. The summed E-state index contributed by atoms with van der Waals surface area (Å²) in [5, 5.41) is 3.11. The molecule has 0 aromatic heterocycles. The summed E-state index contributed by atoms with van der Waals surface area (Å²) < 4.78 is 18.2. The van der Waals surface area contributed by atoms with Crippen LogP contribution in [0.5, 0.6) is 5.75 Å². The van der Waals surface area contributed by atoms with Crippen molar-refractivity contribution in [3.63, 3.8) is 0 Å². The van der Waals surface area contributed by atoms with E-state index < -0.39 is 11.9 Å². The SMILES string of the molecule is COc1ccc(Cl)cc1C(=O)N[C@@H]1CCN(c2ccc(F)cc2)C1=O. The van der Waals surface area contributed by atoms with Gasteiger partial charge in [0.1, 0.15) is 17.6 Å². The molecule has 5 nitrogen and oxygen atoms in total. The Morgan fingerprint density at radius 3 is 2.68 bits per heavy atom. The number of carbonyl (C=O) groups excluding carboxylic acids is 2. The summed E-state index contributed by atoms with van der Waals surface area (Å²) in [4.78, 5) is 26.6. The quantitative estimate of drug-likeness (QED) is 0.909. The van der Waals surface area contributed by atoms with Gasteiger partial charge >= 0.3 is 0 Å². The van der Waals surface area contributed by atoms with Crippen LogP contribution in [0.2, 0.25) is 5.02 Å². The van der Waals surface area contributed by atoms with Crippen LogP contribution in [0.15, 0.2) is 42.5 Å². The van der Waals surface area contributed by atoms with E-state index in [0.717, 1.165) is 0 Å². The molecule has 2 aromatic rings. The minimum absolute atomic E-state index is 0.235. The third-order valence-electron chi connectivity index (χ3n) is 4.06. The monoisotopic (exact) mass is 362 g/mol. The number of benzene rings is 2. The molecule has 1 N–H and O–H groups in total. The van der Waals surface area contributed by atoms with E-state index in [-0.39, 0.29) is 17.3 Å². The number of methoxy groups -OCH3 is 1. The fourth-order valence-corrected chi connectivity index (χ4v) is 2.96. The van der Waals surface area contributed by atoms with Crippen molar-refractivity contribution in [1.82, 2.24) is 5.32 Å². The molecule has 0 aliphatic carbocycles. The van der Waals surface area contributed by atoms with Gasteiger partial charge < -0.3 is 15.0 Å². The topological polar surface area (TPSA) is 58.6 Å². The second-order valence-electron chi connectivity index (χ2n) is 5.63. The van der Waals surface area contributed by atoms with E-state index in [0.29, 0.717) is 29.4 Å². The molecule has 1 aliphatic heterocycles. The molecule has 2 aromatic carbocycles. The van der Waals surface area contributed by atoms with Crippen molar-refractivity contribution in [2.75, 3.05) is 18.6 Å². The summed E-state index contributed by atoms with van der Waals surface area (Å²) in [5.41, 5.74) is 0.867. The lowest BCUT2D eigenvalue weighted by Crippen LogP contribution is -2.41. The third kappa shape index (κ3) is 3.58. The Labute approximate surface area is 149 Å². The predicted molar refractivity (Wildman–Crippen MR) is 92.6 cm³/mol. The molecule has 0 spiro atoms. The van der Waals surface area contributed by atoms with Gasteiger partial charge in [-0.25, -0.2) is 4.39 Å². The molecule has 0 saturated carbocycles. The summed E-state index contributed by atoms with van der Waals surface area (Å²) in [6.07, 6.45) is 0.463. The number of hydrogen-bond acceptors (Lipinski definition) is 3. The van der Waals surface area contributed by atoms with Crippen molar-refractivity contribution in [3.05, 3.63) is 58.9 Å². The molecule has 0 bridgehead atoms. The Hall–Kier alpha value is -2.60. The third-order valence-corrected chi connectivity index (χ3v) is 4.29. The molecule has 1 heterocycles. The van der Waals surface area contributed by atoms with Gasteiger partial charge in [-0.3, -0.25) is 9.59 Å². The number of rotatable bonds is 4. The number of amides is 2. The molecule has 3 rings (SSSR count). The van der Waals surface area contributed by atoms with Crippen LogP contribution < -0.4 is 15.0 Å². The second kappa shape index (κ2) is 7.11. The molecule has 2 amide bonds. The van der Waals surface area contributed by atoms with Crippen molar-refractivity contribution in [2.24, 2.45) is 0 Å². The predicted octanol–water partition coefficient (Wildman–Crippen LogP) is 3.02. The second-order valence-corrected chi connectivity index (χ2v) is 6.06. The number of nitrogens with zero attached hydrogens (tertiary/aromatic N) is 1. The van der Waals surface area contributed by atoms with Gasteiger partial charge in [0, 0.05) is 17.3 Å². The normalized spacial score (nSPS) is 16.8. The minimum atomic E-state index is -0.652. The van der Waals surface area contributed by atoms with Crippen molar-refractivity contribution < 1.29 is 18.7 Å². The molecular weight excluding hydrogens is 347 g/mol. The lowest BCUT2D eigenvalue weighted by molar-refractivity contribution is -0.118. The highest BCUT2D eigenvalue weighted by Crippen LogP contribution is 2.25. The van der Waals surface area contributed by atoms with Crippen LogP contribution in [0.25, 0.3) is 0 Å². The Balaban J connectivity index is 1.74. The first-order valence-corrected chi connectivity index (χ1v) is 8.08.